The van der Waals surface area contributed by atoms with Gasteiger partial charge in [0.25, 0.3) is 0 Å². The molecular formula is C10H18N2O2. The van der Waals surface area contributed by atoms with E-state index >= 15 is 0 Å². The van der Waals surface area contributed by atoms with Crippen LogP contribution in [-0.2, 0) is 9.53 Å². The summed E-state index contributed by atoms with van der Waals surface area (Å²) in [7, 11) is 1.87. The summed E-state index contributed by atoms with van der Waals surface area (Å²) in [6.07, 6.45) is 5.01. The van der Waals surface area contributed by atoms with Crippen LogP contribution in [0.2, 0.25) is 0 Å². The molecule has 0 aliphatic heterocycles. The Bertz CT molecular complexity index is 199. The average molecular weight is 198 g/mol. The first-order valence-corrected chi connectivity index (χ1v) is 4.67. The highest BCUT2D eigenvalue weighted by molar-refractivity contribution is 5.78. The van der Waals surface area contributed by atoms with E-state index in [0.29, 0.717) is 19.8 Å². The number of amides is 1. The summed E-state index contributed by atoms with van der Waals surface area (Å²) in [5.74, 6) is 2.30. The number of terminal acetylenes is 1. The van der Waals surface area contributed by atoms with Gasteiger partial charge in [-0.3, -0.25) is 9.69 Å². The largest absolute Gasteiger partial charge is 0.380 e. The Kier molecular flexibility index (Phi) is 7.90. The lowest BCUT2D eigenvalue weighted by Gasteiger charge is -2.15. The molecule has 0 radical (unpaired) electrons. The number of hydrogen-bond acceptors (Lipinski definition) is 3. The van der Waals surface area contributed by atoms with Gasteiger partial charge in [-0.05, 0) is 14.0 Å². The average Bonchev–Trinajstić information content (AvgIpc) is 2.15. The molecule has 0 rings (SSSR count). The van der Waals surface area contributed by atoms with Crippen LogP contribution in [0.3, 0.4) is 0 Å². The van der Waals surface area contributed by atoms with Gasteiger partial charge in [0, 0.05) is 13.2 Å². The predicted octanol–water partition coefficient (Wildman–Crippen LogP) is -0.296. The minimum atomic E-state index is -0.0538. The number of likely N-dealkylation sites (N-methyl/N-ethyl adjacent to an activating group) is 1. The first kappa shape index (κ1) is 12.9. The zero-order valence-electron chi connectivity index (χ0n) is 8.88. The third-order valence-corrected chi connectivity index (χ3v) is 1.62. The van der Waals surface area contributed by atoms with Crippen molar-refractivity contribution in [2.75, 3.05) is 39.9 Å². The minimum Gasteiger partial charge on any atom is -0.380 e. The molecule has 14 heavy (non-hydrogen) atoms. The Balaban J connectivity index is 3.46. The van der Waals surface area contributed by atoms with Gasteiger partial charge < -0.3 is 10.1 Å². The van der Waals surface area contributed by atoms with Crippen molar-refractivity contribution in [1.82, 2.24) is 10.2 Å². The van der Waals surface area contributed by atoms with E-state index in [2.05, 4.69) is 11.2 Å². The summed E-state index contributed by atoms with van der Waals surface area (Å²) in [6, 6.07) is 0. The molecule has 0 unspecified atom stereocenters. The summed E-state index contributed by atoms with van der Waals surface area (Å²) in [4.78, 5) is 13.0. The van der Waals surface area contributed by atoms with Gasteiger partial charge in [0.05, 0.1) is 19.7 Å². The number of rotatable bonds is 7. The smallest absolute Gasteiger partial charge is 0.234 e. The molecule has 4 nitrogen and oxygen atoms in total. The predicted molar refractivity (Wildman–Crippen MR) is 55.8 cm³/mol. The molecule has 0 heterocycles. The molecule has 0 saturated carbocycles. The molecule has 0 aromatic heterocycles. The van der Waals surface area contributed by atoms with Gasteiger partial charge in [0.1, 0.15) is 0 Å². The van der Waals surface area contributed by atoms with E-state index < -0.39 is 0 Å². The fraction of sp³-hybridized carbons (Fsp3) is 0.700. The monoisotopic (exact) mass is 198 g/mol. The van der Waals surface area contributed by atoms with Crippen molar-refractivity contribution < 1.29 is 9.53 Å². The van der Waals surface area contributed by atoms with E-state index in [-0.39, 0.29) is 12.5 Å². The van der Waals surface area contributed by atoms with Crippen molar-refractivity contribution in [2.45, 2.75) is 6.92 Å². The third-order valence-electron chi connectivity index (χ3n) is 1.62. The first-order valence-electron chi connectivity index (χ1n) is 4.67. The lowest BCUT2D eigenvalue weighted by atomic mass is 10.5. The van der Waals surface area contributed by atoms with Crippen molar-refractivity contribution in [3.8, 4) is 12.3 Å². The molecule has 0 aliphatic rings. The lowest BCUT2D eigenvalue weighted by Crippen LogP contribution is -2.36. The van der Waals surface area contributed by atoms with Crippen molar-refractivity contribution in [2.24, 2.45) is 0 Å². The molecule has 0 aromatic carbocycles. The molecule has 0 bridgehead atoms. The first-order chi connectivity index (χ1) is 6.70. The second-order valence-corrected chi connectivity index (χ2v) is 2.92. The molecule has 1 N–H and O–H groups in total. The Morgan fingerprint density at radius 3 is 2.93 bits per heavy atom. The van der Waals surface area contributed by atoms with Gasteiger partial charge >= 0.3 is 0 Å². The number of nitrogens with zero attached hydrogens (tertiary/aromatic N) is 1. The van der Waals surface area contributed by atoms with Crippen LogP contribution in [-0.4, -0.2) is 50.7 Å². The number of ether oxygens (including phenoxy) is 1. The van der Waals surface area contributed by atoms with Crippen LogP contribution in [0.25, 0.3) is 0 Å². The van der Waals surface area contributed by atoms with E-state index in [4.69, 9.17) is 11.2 Å². The van der Waals surface area contributed by atoms with Crippen LogP contribution in [0.1, 0.15) is 6.92 Å². The van der Waals surface area contributed by atoms with Gasteiger partial charge in [-0.25, -0.2) is 0 Å². The summed E-state index contributed by atoms with van der Waals surface area (Å²) in [6.45, 7) is 4.69. The number of carbonyl (C=O) groups excluding carboxylic acids is 1. The fourth-order valence-electron chi connectivity index (χ4n) is 0.894. The van der Waals surface area contributed by atoms with Gasteiger partial charge in [0.2, 0.25) is 5.91 Å². The molecule has 4 heteroatoms. The van der Waals surface area contributed by atoms with Crippen molar-refractivity contribution in [3.05, 3.63) is 0 Å². The highest BCUT2D eigenvalue weighted by Gasteiger charge is 2.04. The standard InChI is InChI=1S/C10H18N2O2/c1-4-6-11-10(13)9-12(3)7-8-14-5-2/h1H,5-9H2,2-3H3,(H,11,13). The molecule has 80 valence electrons. The van der Waals surface area contributed by atoms with Crippen LogP contribution in [0.4, 0.5) is 0 Å². The number of hydrogen-bond donors (Lipinski definition) is 1. The second kappa shape index (κ2) is 8.54. The van der Waals surface area contributed by atoms with Gasteiger partial charge in [0.15, 0.2) is 0 Å². The molecule has 0 aromatic rings. The fourth-order valence-corrected chi connectivity index (χ4v) is 0.894. The molecule has 0 saturated heterocycles. The SMILES string of the molecule is C#CCNC(=O)CN(C)CCOCC. The zero-order valence-corrected chi connectivity index (χ0v) is 8.88. The summed E-state index contributed by atoms with van der Waals surface area (Å²) in [5, 5.41) is 2.60. The highest BCUT2D eigenvalue weighted by atomic mass is 16.5. The Morgan fingerprint density at radius 1 is 1.64 bits per heavy atom. The highest BCUT2D eigenvalue weighted by Crippen LogP contribution is 1.83. The summed E-state index contributed by atoms with van der Waals surface area (Å²) in [5.41, 5.74) is 0. The minimum absolute atomic E-state index is 0.0538. The van der Waals surface area contributed by atoms with Crippen LogP contribution in [0.5, 0.6) is 0 Å². The van der Waals surface area contributed by atoms with Gasteiger partial charge in [-0.2, -0.15) is 0 Å². The Morgan fingerprint density at radius 2 is 2.36 bits per heavy atom. The van der Waals surface area contributed by atoms with E-state index in [1.54, 1.807) is 0 Å². The molecule has 0 atom stereocenters. The second-order valence-electron chi connectivity index (χ2n) is 2.92. The van der Waals surface area contributed by atoms with E-state index in [0.717, 1.165) is 6.54 Å². The van der Waals surface area contributed by atoms with Crippen molar-refractivity contribution in [1.29, 1.82) is 0 Å². The molecule has 0 aliphatic carbocycles. The lowest BCUT2D eigenvalue weighted by molar-refractivity contribution is -0.121. The van der Waals surface area contributed by atoms with Gasteiger partial charge in [-0.15, -0.1) is 6.42 Å². The maximum atomic E-state index is 11.2. The summed E-state index contributed by atoms with van der Waals surface area (Å²) >= 11 is 0. The quantitative estimate of drug-likeness (QED) is 0.451. The maximum Gasteiger partial charge on any atom is 0.234 e. The number of nitrogens with one attached hydrogen (secondary N) is 1. The molecule has 1 amide bonds. The normalized spacial score (nSPS) is 9.86. The van der Waals surface area contributed by atoms with Gasteiger partial charge in [-0.1, -0.05) is 5.92 Å². The molecular weight excluding hydrogens is 180 g/mol. The summed E-state index contributed by atoms with van der Waals surface area (Å²) < 4.78 is 5.16. The van der Waals surface area contributed by atoms with E-state index in [1.165, 1.54) is 0 Å². The topological polar surface area (TPSA) is 41.6 Å². The van der Waals surface area contributed by atoms with Crippen LogP contribution < -0.4 is 5.32 Å². The van der Waals surface area contributed by atoms with Crippen molar-refractivity contribution >= 4 is 5.91 Å². The Labute approximate surface area is 85.6 Å². The zero-order chi connectivity index (χ0) is 10.8. The Hall–Kier alpha value is -1.05. The van der Waals surface area contributed by atoms with E-state index in [1.807, 2.05) is 18.9 Å². The van der Waals surface area contributed by atoms with Crippen LogP contribution in [0.15, 0.2) is 0 Å². The van der Waals surface area contributed by atoms with Crippen LogP contribution in [0, 0.1) is 12.3 Å². The van der Waals surface area contributed by atoms with Crippen molar-refractivity contribution in [3.63, 3.8) is 0 Å². The molecule has 0 spiro atoms. The van der Waals surface area contributed by atoms with E-state index in [9.17, 15) is 4.79 Å². The third kappa shape index (κ3) is 7.59. The van der Waals surface area contributed by atoms with Crippen LogP contribution >= 0.6 is 0 Å². The molecule has 0 fully saturated rings. The maximum absolute atomic E-state index is 11.2. The number of carbonyl (C=O) groups is 1.